The van der Waals surface area contributed by atoms with Crippen LogP contribution in [0.3, 0.4) is 0 Å². The molecule has 0 saturated carbocycles. The molecule has 0 aromatic rings. The fourth-order valence-electron chi connectivity index (χ4n) is 2.56. The molecule has 0 aliphatic rings. The van der Waals surface area contributed by atoms with Crippen molar-refractivity contribution in [3.05, 3.63) is 0 Å². The van der Waals surface area contributed by atoms with Crippen LogP contribution in [0.2, 0.25) is 0 Å². The van der Waals surface area contributed by atoms with Crippen LogP contribution in [-0.2, 0) is 24.0 Å². The summed E-state index contributed by atoms with van der Waals surface area (Å²) in [5.74, 6) is -5.59. The monoisotopic (exact) mass is 463 g/mol. The van der Waals surface area contributed by atoms with Gasteiger partial charge in [-0.15, -0.1) is 0 Å². The zero-order chi connectivity index (χ0) is 24.8. The first kappa shape index (κ1) is 29.2. The third kappa shape index (κ3) is 11.0. The van der Waals surface area contributed by atoms with E-state index in [0.29, 0.717) is 25.8 Å². The summed E-state index contributed by atoms with van der Waals surface area (Å²) in [7, 11) is 0. The molecule has 0 aromatic carbocycles. The molecule has 0 aromatic heterocycles. The molecule has 0 fully saturated rings. The maximum atomic E-state index is 12.4. The van der Waals surface area contributed by atoms with E-state index in [1.165, 1.54) is 0 Å². The number of carbonyl (C=O) groups excluding carboxylic acids is 3. The van der Waals surface area contributed by atoms with Crippen LogP contribution >= 0.6 is 0 Å². The third-order valence-corrected chi connectivity index (χ3v) is 4.45. The van der Waals surface area contributed by atoms with Crippen molar-refractivity contribution in [2.75, 3.05) is 13.2 Å². The largest absolute Gasteiger partial charge is 0.481 e. The van der Waals surface area contributed by atoms with E-state index in [4.69, 9.17) is 21.7 Å². The molecule has 184 valence electrons. The van der Waals surface area contributed by atoms with Gasteiger partial charge in [-0.05, 0) is 32.7 Å². The standard InChI is InChI=1S/C18H33N5O9/c1-9(25)14(17(30)21-11(18(31)32)5-6-13(26)27)23-16(29)12(8-24)22-15(28)10(20)4-2-3-7-19/h9-12,14,24-25H,2-8,19-20H2,1H3,(H,21,30)(H,22,28)(H,23,29)(H,26,27)(H,31,32). The highest BCUT2D eigenvalue weighted by molar-refractivity contribution is 5.94. The molecule has 0 aliphatic heterocycles. The number of amides is 3. The second kappa shape index (κ2) is 15.1. The number of nitrogens with two attached hydrogens (primary N) is 2. The normalized spacial score (nSPS) is 15.5. The molecule has 0 rings (SSSR count). The van der Waals surface area contributed by atoms with Gasteiger partial charge in [-0.2, -0.15) is 0 Å². The topological polar surface area (TPSA) is 254 Å². The number of hydrogen-bond donors (Lipinski definition) is 9. The molecule has 0 radical (unpaired) electrons. The maximum absolute atomic E-state index is 12.4. The van der Waals surface area contributed by atoms with Crippen LogP contribution in [0, 0.1) is 0 Å². The smallest absolute Gasteiger partial charge is 0.326 e. The van der Waals surface area contributed by atoms with E-state index in [-0.39, 0.29) is 0 Å². The van der Waals surface area contributed by atoms with Crippen molar-refractivity contribution in [2.24, 2.45) is 11.5 Å². The van der Waals surface area contributed by atoms with E-state index >= 15 is 0 Å². The molecule has 5 atom stereocenters. The van der Waals surface area contributed by atoms with Gasteiger partial charge in [0.1, 0.15) is 18.1 Å². The highest BCUT2D eigenvalue weighted by Gasteiger charge is 2.32. The van der Waals surface area contributed by atoms with Crippen LogP contribution in [0.4, 0.5) is 0 Å². The lowest BCUT2D eigenvalue weighted by Gasteiger charge is -2.25. The lowest BCUT2D eigenvalue weighted by Crippen LogP contribution is -2.60. The van der Waals surface area contributed by atoms with E-state index in [2.05, 4.69) is 10.6 Å². The summed E-state index contributed by atoms with van der Waals surface area (Å²) in [6.45, 7) is 0.743. The number of aliphatic hydroxyl groups excluding tert-OH is 2. The molecule has 14 nitrogen and oxygen atoms in total. The fourth-order valence-corrected chi connectivity index (χ4v) is 2.56. The van der Waals surface area contributed by atoms with Crippen LogP contribution in [0.5, 0.6) is 0 Å². The minimum absolute atomic E-state index is 0.300. The lowest BCUT2D eigenvalue weighted by molar-refractivity contribution is -0.144. The second-order valence-corrected chi connectivity index (χ2v) is 7.19. The molecule has 0 bridgehead atoms. The summed E-state index contributed by atoms with van der Waals surface area (Å²) < 4.78 is 0. The Bertz CT molecular complexity index is 659. The van der Waals surface area contributed by atoms with Crippen molar-refractivity contribution in [2.45, 2.75) is 69.3 Å². The van der Waals surface area contributed by atoms with Crippen LogP contribution in [0.15, 0.2) is 0 Å². The molecule has 14 heteroatoms. The quantitative estimate of drug-likeness (QED) is 0.100. The number of carboxylic acids is 2. The summed E-state index contributed by atoms with van der Waals surface area (Å²) in [4.78, 5) is 58.8. The first-order valence-corrected chi connectivity index (χ1v) is 10.0. The van der Waals surface area contributed by atoms with Gasteiger partial charge < -0.3 is 47.8 Å². The third-order valence-electron chi connectivity index (χ3n) is 4.45. The molecular weight excluding hydrogens is 430 g/mol. The van der Waals surface area contributed by atoms with Gasteiger partial charge in [-0.1, -0.05) is 6.42 Å². The van der Waals surface area contributed by atoms with E-state index in [1.54, 1.807) is 0 Å². The number of carbonyl (C=O) groups is 5. The molecule has 0 spiro atoms. The van der Waals surface area contributed by atoms with Gasteiger partial charge in [-0.3, -0.25) is 19.2 Å². The number of carboxylic acid groups (broad SMARTS) is 2. The minimum Gasteiger partial charge on any atom is -0.481 e. The van der Waals surface area contributed by atoms with E-state index in [0.717, 1.165) is 6.92 Å². The molecule has 11 N–H and O–H groups in total. The Morgan fingerprint density at radius 1 is 0.875 bits per heavy atom. The van der Waals surface area contributed by atoms with Crippen molar-refractivity contribution in [1.29, 1.82) is 0 Å². The lowest BCUT2D eigenvalue weighted by atomic mass is 10.1. The van der Waals surface area contributed by atoms with Gasteiger partial charge in [0.15, 0.2) is 0 Å². The zero-order valence-electron chi connectivity index (χ0n) is 17.8. The molecular formula is C18H33N5O9. The first-order valence-electron chi connectivity index (χ1n) is 10.0. The molecule has 5 unspecified atom stereocenters. The number of aliphatic hydroxyl groups is 2. The van der Waals surface area contributed by atoms with Crippen LogP contribution in [0.1, 0.15) is 39.0 Å². The Hall–Kier alpha value is -2.81. The van der Waals surface area contributed by atoms with Gasteiger partial charge in [0.05, 0.1) is 18.8 Å². The summed E-state index contributed by atoms with van der Waals surface area (Å²) in [5, 5.41) is 43.5. The Kier molecular flexibility index (Phi) is 13.7. The Morgan fingerprint density at radius 3 is 1.94 bits per heavy atom. The fraction of sp³-hybridized carbons (Fsp3) is 0.722. The first-order chi connectivity index (χ1) is 14.9. The van der Waals surface area contributed by atoms with Crippen molar-refractivity contribution in [3.8, 4) is 0 Å². The predicted octanol–water partition coefficient (Wildman–Crippen LogP) is -3.78. The molecule has 0 saturated heterocycles. The zero-order valence-corrected chi connectivity index (χ0v) is 17.8. The number of hydrogen-bond acceptors (Lipinski definition) is 9. The highest BCUT2D eigenvalue weighted by atomic mass is 16.4. The average molecular weight is 463 g/mol. The second-order valence-electron chi connectivity index (χ2n) is 7.19. The van der Waals surface area contributed by atoms with E-state index in [1.807, 2.05) is 5.32 Å². The minimum atomic E-state index is -1.64. The van der Waals surface area contributed by atoms with Gasteiger partial charge in [-0.25, -0.2) is 4.79 Å². The average Bonchev–Trinajstić information content (AvgIpc) is 2.71. The molecule has 3 amide bonds. The molecule has 0 aliphatic carbocycles. The summed E-state index contributed by atoms with van der Waals surface area (Å²) in [6, 6.07) is -5.65. The summed E-state index contributed by atoms with van der Waals surface area (Å²) in [6.07, 6.45) is -0.908. The molecule has 0 heterocycles. The SMILES string of the molecule is CC(O)C(NC(=O)C(CO)NC(=O)C(N)CCCCN)C(=O)NC(CCC(=O)O)C(=O)O. The van der Waals surface area contributed by atoms with Gasteiger partial charge in [0.2, 0.25) is 17.7 Å². The van der Waals surface area contributed by atoms with Crippen LogP contribution in [-0.4, -0.2) is 93.5 Å². The van der Waals surface area contributed by atoms with Crippen molar-refractivity contribution < 1.29 is 44.4 Å². The maximum Gasteiger partial charge on any atom is 0.326 e. The van der Waals surface area contributed by atoms with E-state index < -0.39 is 79.4 Å². The van der Waals surface area contributed by atoms with E-state index in [9.17, 15) is 34.2 Å². The van der Waals surface area contributed by atoms with Crippen LogP contribution in [0.25, 0.3) is 0 Å². The summed E-state index contributed by atoms with van der Waals surface area (Å²) in [5.41, 5.74) is 11.1. The number of nitrogens with one attached hydrogen (secondary N) is 3. The van der Waals surface area contributed by atoms with Crippen molar-refractivity contribution >= 4 is 29.7 Å². The van der Waals surface area contributed by atoms with Crippen LogP contribution < -0.4 is 27.4 Å². The van der Waals surface area contributed by atoms with Crippen molar-refractivity contribution in [1.82, 2.24) is 16.0 Å². The van der Waals surface area contributed by atoms with Gasteiger partial charge >= 0.3 is 11.9 Å². The Labute approximate surface area is 184 Å². The summed E-state index contributed by atoms with van der Waals surface area (Å²) >= 11 is 0. The Balaban J connectivity index is 5.09. The number of rotatable bonds is 16. The van der Waals surface area contributed by atoms with Gasteiger partial charge in [0, 0.05) is 6.42 Å². The molecule has 32 heavy (non-hydrogen) atoms. The van der Waals surface area contributed by atoms with Gasteiger partial charge in [0.25, 0.3) is 0 Å². The number of aliphatic carboxylic acids is 2. The number of unbranched alkanes of at least 4 members (excludes halogenated alkanes) is 1. The highest BCUT2D eigenvalue weighted by Crippen LogP contribution is 2.03. The Morgan fingerprint density at radius 2 is 1.47 bits per heavy atom. The predicted molar refractivity (Wildman–Crippen MR) is 110 cm³/mol. The van der Waals surface area contributed by atoms with Crippen molar-refractivity contribution in [3.63, 3.8) is 0 Å².